The van der Waals surface area contributed by atoms with E-state index in [1.165, 1.54) is 0 Å². The van der Waals surface area contributed by atoms with Crippen LogP contribution in [0.15, 0.2) is 0 Å². The number of aliphatic hydroxyl groups excluding tert-OH is 1. The van der Waals surface area contributed by atoms with Crippen LogP contribution in [0.25, 0.3) is 0 Å². The van der Waals surface area contributed by atoms with Crippen LogP contribution in [-0.2, 0) is 24.2 Å². The largest absolute Gasteiger partial charge is 0.483 e. The molecule has 3 fully saturated rings. The van der Waals surface area contributed by atoms with Crippen LogP contribution in [0, 0.1) is 5.92 Å². The van der Waals surface area contributed by atoms with Gasteiger partial charge >= 0.3 is 0 Å². The fourth-order valence-electron chi connectivity index (χ4n) is 3.84. The number of likely N-dealkylation sites (tertiary alicyclic amines) is 1. The molecule has 0 aromatic rings. The van der Waals surface area contributed by atoms with Gasteiger partial charge in [-0.15, -0.1) is 0 Å². The van der Waals surface area contributed by atoms with E-state index in [0.717, 1.165) is 52.0 Å². The number of carbonyl (C=O) groups is 2. The topological polar surface area (TPSA) is 133 Å². The molecule has 9 nitrogen and oxygen atoms in total. The van der Waals surface area contributed by atoms with Crippen molar-refractivity contribution in [2.24, 2.45) is 5.92 Å². The van der Waals surface area contributed by atoms with Crippen molar-refractivity contribution in [2.75, 3.05) is 37.8 Å². The van der Waals surface area contributed by atoms with Crippen LogP contribution in [0.3, 0.4) is 0 Å². The maximum absolute atomic E-state index is 12.3. The number of nitrogens with one attached hydrogen (secondary N) is 1. The van der Waals surface area contributed by atoms with Crippen LogP contribution in [-0.4, -0.2) is 91.9 Å². The summed E-state index contributed by atoms with van der Waals surface area (Å²) in [7, 11) is -3.23. The third-order valence-electron chi connectivity index (χ3n) is 5.26. The van der Waals surface area contributed by atoms with E-state index in [1.807, 2.05) is 0 Å². The van der Waals surface area contributed by atoms with Crippen LogP contribution in [0.5, 0.6) is 0 Å². The zero-order valence-electron chi connectivity index (χ0n) is 14.7. The minimum absolute atomic E-state index is 0.0819. The smallest absolute Gasteiger partial charge is 0.290 e. The van der Waals surface area contributed by atoms with E-state index in [9.17, 15) is 18.3 Å². The molecule has 10 heteroatoms. The van der Waals surface area contributed by atoms with Crippen LogP contribution in [0.1, 0.15) is 25.7 Å². The van der Waals surface area contributed by atoms with Crippen molar-refractivity contribution in [3.05, 3.63) is 0 Å². The Bertz CT molecular complexity index is 569. The van der Waals surface area contributed by atoms with Gasteiger partial charge in [-0.1, -0.05) is 0 Å². The van der Waals surface area contributed by atoms with Crippen molar-refractivity contribution in [3.8, 4) is 0 Å². The maximum atomic E-state index is 12.3. The number of ether oxygens (including phenoxy) is 1. The van der Waals surface area contributed by atoms with Crippen molar-refractivity contribution in [2.45, 2.75) is 43.9 Å². The van der Waals surface area contributed by atoms with Gasteiger partial charge in [-0.25, -0.2) is 8.42 Å². The van der Waals surface area contributed by atoms with Gasteiger partial charge in [0, 0.05) is 25.2 Å². The highest BCUT2D eigenvalue weighted by Crippen LogP contribution is 2.24. The summed E-state index contributed by atoms with van der Waals surface area (Å²) in [6.45, 7) is 3.18. The van der Waals surface area contributed by atoms with Gasteiger partial charge < -0.3 is 25.2 Å². The van der Waals surface area contributed by atoms with Crippen molar-refractivity contribution in [3.63, 3.8) is 0 Å². The Morgan fingerprint density at radius 1 is 1.12 bits per heavy atom. The molecular formula is C16H28N2O7S. The monoisotopic (exact) mass is 392 g/mol. The molecule has 3 N–H and O–H groups in total. The van der Waals surface area contributed by atoms with Crippen molar-refractivity contribution >= 4 is 22.2 Å². The fraction of sp³-hybridized carbons (Fsp3) is 0.875. The van der Waals surface area contributed by atoms with Gasteiger partial charge in [-0.2, -0.15) is 0 Å². The number of hydrogen-bond donors (Lipinski definition) is 3. The average molecular weight is 392 g/mol. The summed E-state index contributed by atoms with van der Waals surface area (Å²) in [4.78, 5) is 23.1. The molecule has 2 atom stereocenters. The van der Waals surface area contributed by atoms with E-state index >= 15 is 0 Å². The molecule has 1 amide bonds. The summed E-state index contributed by atoms with van der Waals surface area (Å²) >= 11 is 0. The third kappa shape index (κ3) is 5.90. The minimum atomic E-state index is -3.23. The molecule has 3 rings (SSSR count). The van der Waals surface area contributed by atoms with Crippen LogP contribution >= 0.6 is 0 Å². The van der Waals surface area contributed by atoms with Gasteiger partial charge in [0.2, 0.25) is 5.91 Å². The molecule has 150 valence electrons. The molecule has 3 heterocycles. The molecule has 26 heavy (non-hydrogen) atoms. The summed E-state index contributed by atoms with van der Waals surface area (Å²) < 4.78 is 28.4. The van der Waals surface area contributed by atoms with Gasteiger partial charge in [-0.05, 0) is 38.8 Å². The number of carboxylic acid groups (broad SMARTS) is 1. The number of amides is 1. The molecule has 0 aromatic heterocycles. The SMILES string of the molecule is O=C(N[C@@H]1CS(=O)(=O)C[C@H]1O)C1CCN(C2CCOCC2)CC1.O=CO. The molecule has 3 aliphatic rings. The number of aliphatic hydroxyl groups is 1. The number of hydrogen-bond acceptors (Lipinski definition) is 7. The molecule has 3 saturated heterocycles. The van der Waals surface area contributed by atoms with E-state index in [0.29, 0.717) is 6.04 Å². The Hall–Kier alpha value is -1.23. The number of carbonyl (C=O) groups excluding carboxylic acids is 1. The summed E-state index contributed by atoms with van der Waals surface area (Å²) in [5.74, 6) is -0.597. The molecule has 3 aliphatic heterocycles. The zero-order chi connectivity index (χ0) is 19.2. The molecule has 0 aliphatic carbocycles. The van der Waals surface area contributed by atoms with Gasteiger partial charge in [0.1, 0.15) is 0 Å². The molecule has 0 aromatic carbocycles. The first-order valence-corrected chi connectivity index (χ1v) is 10.8. The minimum Gasteiger partial charge on any atom is -0.483 e. The fourth-order valence-corrected chi connectivity index (χ4v) is 5.59. The Labute approximate surface area is 153 Å². The lowest BCUT2D eigenvalue weighted by Gasteiger charge is -2.39. The molecule has 0 spiro atoms. The summed E-state index contributed by atoms with van der Waals surface area (Å²) in [5, 5.41) is 19.4. The van der Waals surface area contributed by atoms with Crippen LogP contribution in [0.4, 0.5) is 0 Å². The summed E-state index contributed by atoms with van der Waals surface area (Å²) in [6, 6.07) is -0.0874. The Morgan fingerprint density at radius 3 is 2.19 bits per heavy atom. The highest BCUT2D eigenvalue weighted by Gasteiger charge is 2.39. The van der Waals surface area contributed by atoms with E-state index in [1.54, 1.807) is 0 Å². The van der Waals surface area contributed by atoms with Crippen molar-refractivity contribution < 1.29 is 33.0 Å². The van der Waals surface area contributed by atoms with E-state index in [-0.39, 0.29) is 29.8 Å². The summed E-state index contributed by atoms with van der Waals surface area (Å²) in [6.07, 6.45) is 2.72. The lowest BCUT2D eigenvalue weighted by molar-refractivity contribution is -0.128. The molecule has 0 radical (unpaired) electrons. The third-order valence-corrected chi connectivity index (χ3v) is 6.97. The lowest BCUT2D eigenvalue weighted by atomic mass is 9.93. The average Bonchev–Trinajstić information content (AvgIpc) is 2.88. The molecule has 0 saturated carbocycles. The number of piperidine rings is 1. The van der Waals surface area contributed by atoms with Crippen molar-refractivity contribution in [1.82, 2.24) is 10.2 Å². The van der Waals surface area contributed by atoms with Crippen LogP contribution < -0.4 is 5.32 Å². The second kappa shape index (κ2) is 9.63. The van der Waals surface area contributed by atoms with E-state index in [4.69, 9.17) is 14.6 Å². The summed E-state index contributed by atoms with van der Waals surface area (Å²) in [5.41, 5.74) is 0. The van der Waals surface area contributed by atoms with Crippen molar-refractivity contribution in [1.29, 1.82) is 0 Å². The van der Waals surface area contributed by atoms with E-state index < -0.39 is 22.0 Å². The lowest BCUT2D eigenvalue weighted by Crippen LogP contribution is -2.49. The maximum Gasteiger partial charge on any atom is 0.290 e. The second-order valence-electron chi connectivity index (χ2n) is 7.02. The molecule has 0 bridgehead atoms. The molecular weight excluding hydrogens is 364 g/mol. The Balaban J connectivity index is 0.000000758. The van der Waals surface area contributed by atoms with E-state index in [2.05, 4.69) is 10.2 Å². The van der Waals surface area contributed by atoms with Gasteiger partial charge in [0.15, 0.2) is 9.84 Å². The zero-order valence-corrected chi connectivity index (χ0v) is 15.6. The first-order chi connectivity index (χ1) is 12.4. The standard InChI is InChI=1S/C15H26N2O5S.CH2O2/c18-14-10-23(20,21)9-13(14)16-15(19)11-1-5-17(6-2-11)12-3-7-22-8-4-12;2-1-3/h11-14,18H,1-10H2,(H,16,19);1H,(H,2,3)/t13-,14-;/m1./s1. The quantitative estimate of drug-likeness (QED) is 0.513. The predicted octanol–water partition coefficient (Wildman–Crippen LogP) is -1.15. The number of rotatable bonds is 3. The highest BCUT2D eigenvalue weighted by molar-refractivity contribution is 7.91. The van der Waals surface area contributed by atoms with Crippen LogP contribution in [0.2, 0.25) is 0 Å². The molecule has 0 unspecified atom stereocenters. The Kier molecular flexibility index (Phi) is 7.81. The highest BCUT2D eigenvalue weighted by atomic mass is 32.2. The first kappa shape index (κ1) is 21.1. The number of sulfone groups is 1. The normalized spacial score (nSPS) is 30.2. The second-order valence-corrected chi connectivity index (χ2v) is 9.17. The Morgan fingerprint density at radius 2 is 1.69 bits per heavy atom. The van der Waals surface area contributed by atoms with Gasteiger partial charge in [0.25, 0.3) is 6.47 Å². The van der Waals surface area contributed by atoms with Gasteiger partial charge in [-0.3, -0.25) is 9.59 Å². The first-order valence-electron chi connectivity index (χ1n) is 8.95. The number of nitrogens with zero attached hydrogens (tertiary/aromatic N) is 1. The van der Waals surface area contributed by atoms with Gasteiger partial charge in [0.05, 0.1) is 23.7 Å². The predicted molar refractivity (Wildman–Crippen MR) is 93.4 cm³/mol.